The van der Waals surface area contributed by atoms with Crippen molar-refractivity contribution in [3.8, 4) is 0 Å². The molecule has 14 heavy (non-hydrogen) atoms. The van der Waals surface area contributed by atoms with Gasteiger partial charge in [-0.25, -0.2) is 0 Å². The molecule has 4 heteroatoms. The highest BCUT2D eigenvalue weighted by atomic mass is 16.4. The maximum Gasteiger partial charge on any atom is 0.314 e. The van der Waals surface area contributed by atoms with Crippen LogP contribution in [-0.2, 0) is 9.59 Å². The van der Waals surface area contributed by atoms with E-state index in [1.54, 1.807) is 12.2 Å². The van der Waals surface area contributed by atoms with Crippen molar-refractivity contribution in [1.29, 1.82) is 0 Å². The first-order chi connectivity index (χ1) is 6.34. The van der Waals surface area contributed by atoms with Crippen LogP contribution in [0.3, 0.4) is 0 Å². The summed E-state index contributed by atoms with van der Waals surface area (Å²) in [5.41, 5.74) is -2.79. The van der Waals surface area contributed by atoms with Gasteiger partial charge in [0, 0.05) is 0 Å². The van der Waals surface area contributed by atoms with Gasteiger partial charge in [0.2, 0.25) is 0 Å². The van der Waals surface area contributed by atoms with Crippen molar-refractivity contribution in [3.63, 3.8) is 0 Å². The molecule has 0 radical (unpaired) electrons. The Morgan fingerprint density at radius 2 is 1.21 bits per heavy atom. The van der Waals surface area contributed by atoms with E-state index in [0.717, 1.165) is 0 Å². The third-order valence-corrected chi connectivity index (χ3v) is 2.94. The molecule has 0 saturated carbocycles. The zero-order valence-corrected chi connectivity index (χ0v) is 8.02. The van der Waals surface area contributed by atoms with Gasteiger partial charge in [0.05, 0.1) is 0 Å². The number of carbonyl (C=O) groups is 2. The third-order valence-electron chi connectivity index (χ3n) is 2.94. The van der Waals surface area contributed by atoms with Gasteiger partial charge in [0.1, 0.15) is 10.8 Å². The molecule has 0 fully saturated rings. The second-order valence-corrected chi connectivity index (χ2v) is 3.73. The molecule has 0 aliphatic heterocycles. The van der Waals surface area contributed by atoms with Crippen LogP contribution < -0.4 is 0 Å². The predicted molar refractivity (Wildman–Crippen MR) is 49.8 cm³/mol. The van der Waals surface area contributed by atoms with E-state index in [2.05, 4.69) is 0 Å². The molecule has 0 bridgehead atoms. The summed E-state index contributed by atoms with van der Waals surface area (Å²) in [4.78, 5) is 22.1. The minimum Gasteiger partial charge on any atom is -0.481 e. The molecule has 1 rings (SSSR count). The smallest absolute Gasteiger partial charge is 0.314 e. The van der Waals surface area contributed by atoms with Crippen LogP contribution in [0.1, 0.15) is 13.8 Å². The average Bonchev–Trinajstić information content (AvgIpc) is 2.09. The van der Waals surface area contributed by atoms with Gasteiger partial charge in [-0.1, -0.05) is 24.3 Å². The zero-order chi connectivity index (χ0) is 11.0. The lowest BCUT2D eigenvalue weighted by atomic mass is 9.63. The summed E-state index contributed by atoms with van der Waals surface area (Å²) in [5, 5.41) is 18.1. The molecule has 0 amide bonds. The van der Waals surface area contributed by atoms with E-state index >= 15 is 0 Å². The van der Waals surface area contributed by atoms with E-state index < -0.39 is 22.8 Å². The lowest BCUT2D eigenvalue weighted by molar-refractivity contribution is -0.162. The Balaban J connectivity index is 3.30. The van der Waals surface area contributed by atoms with E-state index in [-0.39, 0.29) is 0 Å². The Bertz CT molecular complexity index is 308. The fourth-order valence-corrected chi connectivity index (χ4v) is 1.43. The van der Waals surface area contributed by atoms with Gasteiger partial charge < -0.3 is 10.2 Å². The maximum atomic E-state index is 11.0. The standard InChI is InChI=1S/C10H12O4/c1-9(7(11)12)5-3-4-6-10(9,2)8(13)14/h3-6H,1-2H3,(H,11,12)(H,13,14). The molecular formula is C10H12O4. The highest BCUT2D eigenvalue weighted by Gasteiger charge is 2.53. The summed E-state index contributed by atoms with van der Waals surface area (Å²) in [5.74, 6) is -2.27. The number of aliphatic carboxylic acids is 2. The van der Waals surface area contributed by atoms with Gasteiger partial charge in [0.15, 0.2) is 0 Å². The van der Waals surface area contributed by atoms with Crippen molar-refractivity contribution in [2.75, 3.05) is 0 Å². The van der Waals surface area contributed by atoms with Gasteiger partial charge in [0.25, 0.3) is 0 Å². The first kappa shape index (κ1) is 10.5. The minimum atomic E-state index is -1.40. The van der Waals surface area contributed by atoms with Crippen molar-refractivity contribution in [3.05, 3.63) is 24.3 Å². The number of rotatable bonds is 2. The van der Waals surface area contributed by atoms with Crippen LogP contribution in [0.2, 0.25) is 0 Å². The van der Waals surface area contributed by atoms with E-state index in [9.17, 15) is 9.59 Å². The molecule has 2 unspecified atom stereocenters. The van der Waals surface area contributed by atoms with E-state index in [0.29, 0.717) is 0 Å². The third kappa shape index (κ3) is 1.14. The number of hydrogen-bond donors (Lipinski definition) is 2. The lowest BCUT2D eigenvalue weighted by Gasteiger charge is -2.37. The van der Waals surface area contributed by atoms with Crippen molar-refractivity contribution >= 4 is 11.9 Å². The average molecular weight is 196 g/mol. The monoisotopic (exact) mass is 196 g/mol. The Labute approximate surface area is 81.6 Å². The predicted octanol–water partition coefficient (Wildman–Crippen LogP) is 1.29. The van der Waals surface area contributed by atoms with Gasteiger partial charge in [-0.05, 0) is 13.8 Å². The normalized spacial score (nSPS) is 35.6. The molecule has 0 aromatic heterocycles. The lowest BCUT2D eigenvalue weighted by Crippen LogP contribution is -2.47. The van der Waals surface area contributed by atoms with Crippen LogP contribution in [0.25, 0.3) is 0 Å². The van der Waals surface area contributed by atoms with Gasteiger partial charge >= 0.3 is 11.9 Å². The summed E-state index contributed by atoms with van der Waals surface area (Å²) >= 11 is 0. The van der Waals surface area contributed by atoms with Crippen LogP contribution in [-0.4, -0.2) is 22.2 Å². The van der Waals surface area contributed by atoms with Crippen LogP contribution >= 0.6 is 0 Å². The Morgan fingerprint density at radius 3 is 1.43 bits per heavy atom. The highest BCUT2D eigenvalue weighted by Crippen LogP contribution is 2.44. The van der Waals surface area contributed by atoms with Crippen LogP contribution in [0.5, 0.6) is 0 Å². The Hall–Kier alpha value is -1.58. The maximum absolute atomic E-state index is 11.0. The molecule has 0 saturated heterocycles. The van der Waals surface area contributed by atoms with Crippen LogP contribution in [0.15, 0.2) is 24.3 Å². The van der Waals surface area contributed by atoms with Crippen molar-refractivity contribution in [1.82, 2.24) is 0 Å². The van der Waals surface area contributed by atoms with E-state index in [4.69, 9.17) is 10.2 Å². The SMILES string of the molecule is CC1(C(=O)O)C=CC=CC1(C)C(=O)O. The number of carboxylic acids is 2. The summed E-state index contributed by atoms with van der Waals surface area (Å²) in [7, 11) is 0. The quantitative estimate of drug-likeness (QED) is 0.697. The molecule has 1 aliphatic carbocycles. The molecule has 0 aromatic rings. The van der Waals surface area contributed by atoms with Crippen molar-refractivity contribution in [2.45, 2.75) is 13.8 Å². The molecule has 2 N–H and O–H groups in total. The first-order valence-electron chi connectivity index (χ1n) is 4.18. The fraction of sp³-hybridized carbons (Fsp3) is 0.400. The summed E-state index contributed by atoms with van der Waals surface area (Å²) in [6.45, 7) is 2.81. The number of allylic oxidation sites excluding steroid dienone is 2. The Kier molecular flexibility index (Phi) is 2.23. The molecule has 4 nitrogen and oxygen atoms in total. The van der Waals surface area contributed by atoms with Crippen molar-refractivity contribution < 1.29 is 19.8 Å². The molecule has 0 aromatic carbocycles. The van der Waals surface area contributed by atoms with Gasteiger partial charge in [-0.15, -0.1) is 0 Å². The zero-order valence-electron chi connectivity index (χ0n) is 8.02. The summed E-state index contributed by atoms with van der Waals surface area (Å²) in [6.07, 6.45) is 5.92. The molecule has 76 valence electrons. The first-order valence-corrected chi connectivity index (χ1v) is 4.18. The molecule has 1 aliphatic rings. The van der Waals surface area contributed by atoms with E-state index in [1.165, 1.54) is 26.0 Å². The van der Waals surface area contributed by atoms with Crippen LogP contribution in [0.4, 0.5) is 0 Å². The topological polar surface area (TPSA) is 74.6 Å². The van der Waals surface area contributed by atoms with Gasteiger partial charge in [-0.2, -0.15) is 0 Å². The minimum absolute atomic E-state index is 1.14. The van der Waals surface area contributed by atoms with Crippen molar-refractivity contribution in [2.24, 2.45) is 10.8 Å². The second-order valence-electron chi connectivity index (χ2n) is 3.73. The molecule has 0 heterocycles. The Morgan fingerprint density at radius 1 is 0.929 bits per heavy atom. The summed E-state index contributed by atoms with van der Waals surface area (Å²) < 4.78 is 0. The number of carboxylic acid groups (broad SMARTS) is 2. The highest BCUT2D eigenvalue weighted by molar-refractivity contribution is 5.90. The van der Waals surface area contributed by atoms with E-state index in [1.807, 2.05) is 0 Å². The van der Waals surface area contributed by atoms with Crippen LogP contribution in [0, 0.1) is 10.8 Å². The van der Waals surface area contributed by atoms with Gasteiger partial charge in [-0.3, -0.25) is 9.59 Å². The second kappa shape index (κ2) is 2.97. The molecular weight excluding hydrogens is 184 g/mol. The molecule has 0 spiro atoms. The summed E-state index contributed by atoms with van der Waals surface area (Å²) in [6, 6.07) is 0. The number of hydrogen-bond acceptors (Lipinski definition) is 2. The largest absolute Gasteiger partial charge is 0.481 e. The molecule has 2 atom stereocenters. The fourth-order valence-electron chi connectivity index (χ4n) is 1.43.